The molecule has 0 radical (unpaired) electrons. The van der Waals surface area contributed by atoms with Gasteiger partial charge in [0, 0.05) is 0 Å². The standard InChI is InChI=1S/C28H27FOP/c1-23-12-14-24(15-13-23)22-31(26-8-4-2-5-9-26,27-10-6-3-7-11-27)28-18-16-25(17-19-28)30-21-20-29/h2-19H,20-22H2,1H3/q+1/i29-1. The fourth-order valence-corrected chi connectivity index (χ4v) is 8.23. The monoisotopic (exact) mass is 428 g/mol. The van der Waals surface area contributed by atoms with Crippen LogP contribution in [0.3, 0.4) is 0 Å². The first kappa shape index (κ1) is 21.3. The van der Waals surface area contributed by atoms with E-state index in [0.29, 0.717) is 5.75 Å². The van der Waals surface area contributed by atoms with Gasteiger partial charge in [-0.25, -0.2) is 4.39 Å². The molecule has 0 spiro atoms. The predicted molar refractivity (Wildman–Crippen MR) is 132 cm³/mol. The van der Waals surface area contributed by atoms with Crippen molar-refractivity contribution in [3.05, 3.63) is 120 Å². The number of rotatable bonds is 8. The maximum atomic E-state index is 12.5. The van der Waals surface area contributed by atoms with E-state index < -0.39 is 13.9 Å². The molecule has 0 aliphatic heterocycles. The molecule has 1 nitrogen and oxygen atoms in total. The molecule has 0 amide bonds. The number of ether oxygens (including phenoxy) is 1. The average Bonchev–Trinajstić information content (AvgIpc) is 2.84. The molecule has 0 aromatic heterocycles. The Morgan fingerprint density at radius 2 is 1.16 bits per heavy atom. The van der Waals surface area contributed by atoms with E-state index in [1.54, 1.807) is 0 Å². The molecule has 4 aromatic carbocycles. The molecule has 4 rings (SSSR count). The zero-order valence-corrected chi connectivity index (χ0v) is 18.6. The van der Waals surface area contributed by atoms with Crippen molar-refractivity contribution in [2.24, 2.45) is 0 Å². The number of hydrogen-bond acceptors (Lipinski definition) is 1. The summed E-state index contributed by atoms with van der Waals surface area (Å²) in [4.78, 5) is 0. The molecular weight excluding hydrogens is 401 g/mol. The molecule has 156 valence electrons. The van der Waals surface area contributed by atoms with Gasteiger partial charge in [-0.15, -0.1) is 0 Å². The lowest BCUT2D eigenvalue weighted by atomic mass is 10.2. The second kappa shape index (κ2) is 9.90. The van der Waals surface area contributed by atoms with Gasteiger partial charge in [0.05, 0.1) is 6.16 Å². The Morgan fingerprint density at radius 3 is 1.68 bits per heavy atom. The third kappa shape index (κ3) is 4.70. The number of aryl methyl sites for hydroxylation is 1. The lowest BCUT2D eigenvalue weighted by Gasteiger charge is -2.28. The summed E-state index contributed by atoms with van der Waals surface area (Å²) in [6.45, 7) is 1.72. The van der Waals surface area contributed by atoms with Crippen LogP contribution in [0.5, 0.6) is 5.75 Å². The Bertz CT molecular complexity index is 1040. The summed E-state index contributed by atoms with van der Waals surface area (Å²) < 4.78 is 18.0. The highest BCUT2D eigenvalue weighted by Gasteiger charge is 2.45. The summed E-state index contributed by atoms with van der Waals surface area (Å²) in [6.07, 6.45) is 0.936. The molecule has 0 bridgehead atoms. The summed E-state index contributed by atoms with van der Waals surface area (Å²) in [6, 6.07) is 38.8. The van der Waals surface area contributed by atoms with E-state index in [4.69, 9.17) is 4.74 Å². The molecule has 0 aliphatic carbocycles. The Hall–Kier alpha value is -2.96. The van der Waals surface area contributed by atoms with E-state index in [2.05, 4.69) is 104 Å². The van der Waals surface area contributed by atoms with Crippen LogP contribution in [-0.2, 0) is 6.16 Å². The zero-order valence-electron chi connectivity index (χ0n) is 17.7. The largest absolute Gasteiger partial charge is 0.491 e. The quantitative estimate of drug-likeness (QED) is 0.321. The van der Waals surface area contributed by atoms with Crippen LogP contribution in [0.15, 0.2) is 109 Å². The van der Waals surface area contributed by atoms with Gasteiger partial charge in [0.1, 0.15) is 42.2 Å². The van der Waals surface area contributed by atoms with Crippen molar-refractivity contribution in [3.8, 4) is 5.75 Å². The smallest absolute Gasteiger partial charge is 0.123 e. The lowest BCUT2D eigenvalue weighted by molar-refractivity contribution is 0.273. The average molecular weight is 428 g/mol. The minimum absolute atomic E-state index is 0.0837. The third-order valence-corrected chi connectivity index (χ3v) is 9.94. The summed E-state index contributed by atoms with van der Waals surface area (Å²) in [5.41, 5.74) is 2.59. The summed E-state index contributed by atoms with van der Waals surface area (Å²) >= 11 is 0. The molecule has 31 heavy (non-hydrogen) atoms. The molecule has 0 saturated heterocycles. The van der Waals surface area contributed by atoms with Gasteiger partial charge in [-0.1, -0.05) is 66.2 Å². The van der Waals surface area contributed by atoms with Crippen LogP contribution in [0.2, 0.25) is 0 Å². The van der Waals surface area contributed by atoms with Crippen LogP contribution in [0.25, 0.3) is 0 Å². The SMILES string of the molecule is Cc1ccc(C[P+](c2ccccc2)(c2ccccc2)c2ccc(OCC[18F])cc2)cc1. The minimum Gasteiger partial charge on any atom is -0.491 e. The van der Waals surface area contributed by atoms with Crippen molar-refractivity contribution < 1.29 is 9.13 Å². The normalized spacial score (nSPS) is 11.3. The molecule has 0 heterocycles. The highest BCUT2D eigenvalue weighted by molar-refractivity contribution is 7.95. The lowest BCUT2D eigenvalue weighted by Crippen LogP contribution is -2.32. The summed E-state index contributed by atoms with van der Waals surface area (Å²) in [5.74, 6) is 0.705. The van der Waals surface area contributed by atoms with Crippen molar-refractivity contribution in [1.82, 2.24) is 0 Å². The molecule has 0 aliphatic rings. The number of hydrogen-bond donors (Lipinski definition) is 0. The summed E-state index contributed by atoms with van der Waals surface area (Å²) in [7, 11) is -1.97. The first-order valence-electron chi connectivity index (χ1n) is 10.6. The van der Waals surface area contributed by atoms with Gasteiger partial charge in [-0.2, -0.15) is 0 Å². The Balaban J connectivity index is 1.90. The second-order valence-corrected chi connectivity index (χ2v) is 11.1. The van der Waals surface area contributed by atoms with Gasteiger partial charge in [0.15, 0.2) is 0 Å². The van der Waals surface area contributed by atoms with Crippen LogP contribution in [-0.4, -0.2) is 13.3 Å². The van der Waals surface area contributed by atoms with Crippen LogP contribution in [0.1, 0.15) is 11.1 Å². The van der Waals surface area contributed by atoms with Gasteiger partial charge < -0.3 is 4.74 Å². The molecule has 3 heteroatoms. The third-order valence-electron chi connectivity index (χ3n) is 5.56. The van der Waals surface area contributed by atoms with Crippen LogP contribution in [0.4, 0.5) is 4.39 Å². The van der Waals surface area contributed by atoms with E-state index in [1.807, 2.05) is 12.1 Å². The van der Waals surface area contributed by atoms with E-state index >= 15 is 0 Å². The van der Waals surface area contributed by atoms with Crippen molar-refractivity contribution >= 4 is 23.2 Å². The number of alkyl halides is 1. The first-order chi connectivity index (χ1) is 15.2. The van der Waals surface area contributed by atoms with Gasteiger partial charge in [-0.05, 0) is 61.0 Å². The van der Waals surface area contributed by atoms with Gasteiger partial charge in [-0.3, -0.25) is 0 Å². The Labute approximate surface area is 184 Å². The van der Waals surface area contributed by atoms with Crippen molar-refractivity contribution in [2.45, 2.75) is 13.1 Å². The highest BCUT2D eigenvalue weighted by atomic mass is 31.2. The minimum atomic E-state index is -1.97. The van der Waals surface area contributed by atoms with E-state index in [-0.39, 0.29) is 6.61 Å². The summed E-state index contributed by atoms with van der Waals surface area (Å²) in [5, 5.41) is 3.98. The van der Waals surface area contributed by atoms with Gasteiger partial charge in [0.2, 0.25) is 0 Å². The van der Waals surface area contributed by atoms with Crippen LogP contribution in [0, 0.1) is 6.92 Å². The zero-order chi connectivity index (χ0) is 21.5. The Kier molecular flexibility index (Phi) is 6.79. The number of benzene rings is 4. The molecule has 0 fully saturated rings. The maximum absolute atomic E-state index is 12.5. The molecular formula is C28H27FOP+. The first-order valence-corrected chi connectivity index (χ1v) is 12.5. The van der Waals surface area contributed by atoms with Gasteiger partial charge in [0.25, 0.3) is 0 Å². The molecule has 0 atom stereocenters. The fourth-order valence-electron chi connectivity index (χ4n) is 4.01. The molecule has 0 unspecified atom stereocenters. The van der Waals surface area contributed by atoms with Crippen LogP contribution < -0.4 is 20.7 Å². The van der Waals surface area contributed by atoms with E-state index in [1.165, 1.54) is 27.0 Å². The van der Waals surface area contributed by atoms with Crippen molar-refractivity contribution in [3.63, 3.8) is 0 Å². The van der Waals surface area contributed by atoms with Crippen molar-refractivity contribution in [2.75, 3.05) is 13.3 Å². The van der Waals surface area contributed by atoms with E-state index in [9.17, 15) is 4.39 Å². The predicted octanol–water partition coefficient (Wildman–Crippen LogP) is 5.84. The maximum Gasteiger partial charge on any atom is 0.123 e. The van der Waals surface area contributed by atoms with E-state index in [0.717, 1.165) is 6.16 Å². The highest BCUT2D eigenvalue weighted by Crippen LogP contribution is 2.58. The van der Waals surface area contributed by atoms with Crippen LogP contribution >= 0.6 is 7.26 Å². The molecule has 0 saturated carbocycles. The van der Waals surface area contributed by atoms with Crippen molar-refractivity contribution in [1.29, 1.82) is 0 Å². The topological polar surface area (TPSA) is 9.23 Å². The molecule has 0 N–H and O–H groups in total. The molecule has 4 aromatic rings. The fraction of sp³-hybridized carbons (Fsp3) is 0.143. The second-order valence-electron chi connectivity index (χ2n) is 7.66. The Morgan fingerprint density at radius 1 is 0.645 bits per heavy atom. The van der Waals surface area contributed by atoms with Gasteiger partial charge >= 0.3 is 0 Å². The number of halogens is 1.